The highest BCUT2D eigenvalue weighted by Gasteiger charge is 2.06. The van der Waals surface area contributed by atoms with E-state index in [0.717, 1.165) is 6.42 Å². The molecule has 0 aliphatic carbocycles. The van der Waals surface area contributed by atoms with Crippen molar-refractivity contribution in [2.75, 3.05) is 13.2 Å². The molecular formula is C7H13ClO3. The molecule has 4 heteroatoms. The van der Waals surface area contributed by atoms with Crippen molar-refractivity contribution in [3.63, 3.8) is 0 Å². The minimum absolute atomic E-state index is 0.112. The molecule has 0 saturated carbocycles. The van der Waals surface area contributed by atoms with Crippen LogP contribution in [0, 0.1) is 0 Å². The number of alkyl halides is 1. The third kappa shape index (κ3) is 5.98. The van der Waals surface area contributed by atoms with Crippen LogP contribution in [0.4, 0.5) is 4.79 Å². The first kappa shape index (κ1) is 10.6. The number of hydrogen-bond donors (Lipinski definition) is 0. The van der Waals surface area contributed by atoms with Crippen molar-refractivity contribution in [3.05, 3.63) is 0 Å². The fourth-order valence-corrected chi connectivity index (χ4v) is 0.499. The standard InChI is InChI=1S/C7H13ClO3/c1-3-6(8)5-11-7(9)10-4-2/h6H,3-5H2,1-2H3. The van der Waals surface area contributed by atoms with Gasteiger partial charge in [-0.1, -0.05) is 6.92 Å². The van der Waals surface area contributed by atoms with Crippen molar-refractivity contribution < 1.29 is 14.3 Å². The third-order valence-electron chi connectivity index (χ3n) is 1.09. The quantitative estimate of drug-likeness (QED) is 0.492. The summed E-state index contributed by atoms with van der Waals surface area (Å²) in [6.45, 7) is 4.19. The summed E-state index contributed by atoms with van der Waals surface area (Å²) in [5.41, 5.74) is 0. The average Bonchev–Trinajstić information content (AvgIpc) is 2.01. The van der Waals surface area contributed by atoms with Gasteiger partial charge in [-0.2, -0.15) is 0 Å². The molecule has 1 atom stereocenters. The van der Waals surface area contributed by atoms with E-state index in [2.05, 4.69) is 9.47 Å². The van der Waals surface area contributed by atoms with E-state index in [4.69, 9.17) is 11.6 Å². The monoisotopic (exact) mass is 180 g/mol. The molecule has 0 aliphatic rings. The van der Waals surface area contributed by atoms with Gasteiger partial charge in [0.2, 0.25) is 0 Å². The first-order valence-corrected chi connectivity index (χ1v) is 4.08. The van der Waals surface area contributed by atoms with Crippen LogP contribution in [0.2, 0.25) is 0 Å². The van der Waals surface area contributed by atoms with Gasteiger partial charge in [-0.3, -0.25) is 0 Å². The van der Waals surface area contributed by atoms with E-state index < -0.39 is 6.16 Å². The maximum absolute atomic E-state index is 10.6. The highest BCUT2D eigenvalue weighted by molar-refractivity contribution is 6.20. The lowest BCUT2D eigenvalue weighted by atomic mass is 10.3. The fraction of sp³-hybridized carbons (Fsp3) is 0.857. The Kier molecular flexibility index (Phi) is 6.03. The lowest BCUT2D eigenvalue weighted by Gasteiger charge is -2.06. The summed E-state index contributed by atoms with van der Waals surface area (Å²) < 4.78 is 9.16. The lowest BCUT2D eigenvalue weighted by Crippen LogP contribution is -2.14. The molecule has 0 aliphatic heterocycles. The Morgan fingerprint density at radius 2 is 2.09 bits per heavy atom. The molecule has 3 nitrogen and oxygen atoms in total. The number of carbonyl (C=O) groups excluding carboxylic acids is 1. The smallest absolute Gasteiger partial charge is 0.435 e. The molecule has 0 amide bonds. The normalized spacial score (nSPS) is 12.3. The minimum atomic E-state index is -0.647. The van der Waals surface area contributed by atoms with Crippen LogP contribution in [0.1, 0.15) is 20.3 Å². The number of halogens is 1. The van der Waals surface area contributed by atoms with Gasteiger partial charge < -0.3 is 9.47 Å². The van der Waals surface area contributed by atoms with E-state index >= 15 is 0 Å². The first-order chi connectivity index (χ1) is 5.20. The second kappa shape index (κ2) is 6.28. The van der Waals surface area contributed by atoms with Gasteiger partial charge in [0.25, 0.3) is 0 Å². The van der Waals surface area contributed by atoms with Gasteiger partial charge in [0.05, 0.1) is 12.0 Å². The highest BCUT2D eigenvalue weighted by Crippen LogP contribution is 2.01. The van der Waals surface area contributed by atoms with Crippen molar-refractivity contribution in [1.29, 1.82) is 0 Å². The molecule has 66 valence electrons. The largest absolute Gasteiger partial charge is 0.508 e. The van der Waals surface area contributed by atoms with E-state index in [0.29, 0.717) is 6.61 Å². The van der Waals surface area contributed by atoms with E-state index in [1.807, 2.05) is 6.92 Å². The fourth-order valence-electron chi connectivity index (χ4n) is 0.436. The zero-order chi connectivity index (χ0) is 8.69. The van der Waals surface area contributed by atoms with E-state index in [9.17, 15) is 4.79 Å². The Morgan fingerprint density at radius 1 is 1.45 bits per heavy atom. The second-order valence-electron chi connectivity index (χ2n) is 2.00. The molecule has 11 heavy (non-hydrogen) atoms. The van der Waals surface area contributed by atoms with Gasteiger partial charge >= 0.3 is 6.16 Å². The molecule has 0 aromatic rings. The maximum Gasteiger partial charge on any atom is 0.508 e. The van der Waals surface area contributed by atoms with E-state index in [1.54, 1.807) is 6.92 Å². The summed E-state index contributed by atoms with van der Waals surface area (Å²) in [7, 11) is 0. The minimum Gasteiger partial charge on any atom is -0.435 e. The predicted molar refractivity (Wildman–Crippen MR) is 42.9 cm³/mol. The number of ether oxygens (including phenoxy) is 2. The zero-order valence-corrected chi connectivity index (χ0v) is 7.56. The Balaban J connectivity index is 3.30. The first-order valence-electron chi connectivity index (χ1n) is 3.64. The Morgan fingerprint density at radius 3 is 2.55 bits per heavy atom. The number of hydrogen-bond acceptors (Lipinski definition) is 3. The van der Waals surface area contributed by atoms with Gasteiger partial charge in [-0.05, 0) is 13.3 Å². The van der Waals surface area contributed by atoms with Crippen molar-refractivity contribution in [1.82, 2.24) is 0 Å². The van der Waals surface area contributed by atoms with E-state index in [-0.39, 0.29) is 12.0 Å². The molecule has 0 spiro atoms. The maximum atomic E-state index is 10.6. The van der Waals surface area contributed by atoms with Gasteiger partial charge in [-0.25, -0.2) is 4.79 Å². The topological polar surface area (TPSA) is 35.5 Å². The summed E-state index contributed by atoms with van der Waals surface area (Å²) in [5.74, 6) is 0. The van der Waals surface area contributed by atoms with Gasteiger partial charge in [0, 0.05) is 0 Å². The summed E-state index contributed by atoms with van der Waals surface area (Å²) in [4.78, 5) is 10.6. The summed E-state index contributed by atoms with van der Waals surface area (Å²) in [6, 6.07) is 0. The highest BCUT2D eigenvalue weighted by atomic mass is 35.5. The molecule has 0 aromatic carbocycles. The van der Waals surface area contributed by atoms with Crippen molar-refractivity contribution in [2.45, 2.75) is 25.6 Å². The van der Waals surface area contributed by atoms with Crippen LogP contribution < -0.4 is 0 Å². The van der Waals surface area contributed by atoms with Crippen molar-refractivity contribution >= 4 is 17.8 Å². The summed E-state index contributed by atoms with van der Waals surface area (Å²) >= 11 is 5.68. The van der Waals surface area contributed by atoms with Crippen LogP contribution >= 0.6 is 11.6 Å². The molecule has 0 saturated heterocycles. The molecule has 0 rings (SSSR count). The Hall–Kier alpha value is -0.440. The lowest BCUT2D eigenvalue weighted by molar-refractivity contribution is 0.0589. The summed E-state index contributed by atoms with van der Waals surface area (Å²) in [5, 5.41) is -0.112. The van der Waals surface area contributed by atoms with Gasteiger partial charge in [-0.15, -0.1) is 11.6 Å². The SMILES string of the molecule is CCOC(=O)OCC(Cl)CC. The zero-order valence-electron chi connectivity index (χ0n) is 6.80. The molecule has 0 aromatic heterocycles. The third-order valence-corrected chi connectivity index (χ3v) is 1.52. The molecule has 0 N–H and O–H groups in total. The van der Waals surface area contributed by atoms with E-state index in [1.165, 1.54) is 0 Å². The molecular weight excluding hydrogens is 168 g/mol. The Labute approximate surface area is 71.6 Å². The van der Waals surface area contributed by atoms with Gasteiger partial charge in [0.15, 0.2) is 0 Å². The van der Waals surface area contributed by atoms with Gasteiger partial charge in [0.1, 0.15) is 6.61 Å². The molecule has 1 unspecified atom stereocenters. The molecule has 0 bridgehead atoms. The molecule has 0 radical (unpaired) electrons. The molecule has 0 fully saturated rings. The van der Waals surface area contributed by atoms with Crippen LogP contribution in [0.5, 0.6) is 0 Å². The van der Waals surface area contributed by atoms with Crippen molar-refractivity contribution in [3.8, 4) is 0 Å². The van der Waals surface area contributed by atoms with Crippen molar-refractivity contribution in [2.24, 2.45) is 0 Å². The second-order valence-corrected chi connectivity index (χ2v) is 2.62. The Bertz CT molecular complexity index is 116. The number of carbonyl (C=O) groups is 1. The predicted octanol–water partition coefficient (Wildman–Crippen LogP) is 2.18. The molecule has 0 heterocycles. The van der Waals surface area contributed by atoms with Crippen LogP contribution in [-0.4, -0.2) is 24.7 Å². The van der Waals surface area contributed by atoms with Crippen LogP contribution in [0.25, 0.3) is 0 Å². The summed E-state index contributed by atoms with van der Waals surface area (Å²) in [6.07, 6.45) is 0.132. The van der Waals surface area contributed by atoms with Crippen LogP contribution in [0.3, 0.4) is 0 Å². The van der Waals surface area contributed by atoms with Crippen LogP contribution in [-0.2, 0) is 9.47 Å². The van der Waals surface area contributed by atoms with Crippen LogP contribution in [0.15, 0.2) is 0 Å². The number of rotatable bonds is 4. The average molecular weight is 181 g/mol.